The molecule has 5 rings (SSSR count). The van der Waals surface area contributed by atoms with E-state index < -0.39 is 0 Å². The molecular weight excluding hydrogens is 360 g/mol. The Morgan fingerprint density at radius 2 is 2.07 bits per heavy atom. The van der Waals surface area contributed by atoms with Gasteiger partial charge in [-0.2, -0.15) is 0 Å². The van der Waals surface area contributed by atoms with Crippen molar-refractivity contribution >= 4 is 39.2 Å². The molecule has 7 heteroatoms. The van der Waals surface area contributed by atoms with E-state index in [0.717, 1.165) is 40.7 Å². The zero-order valence-corrected chi connectivity index (χ0v) is 15.7. The van der Waals surface area contributed by atoms with Crippen molar-refractivity contribution < 1.29 is 9.59 Å². The summed E-state index contributed by atoms with van der Waals surface area (Å²) in [6, 6.07) is 10.1. The first-order valence-corrected chi connectivity index (χ1v) is 10.1. The van der Waals surface area contributed by atoms with Gasteiger partial charge in [0.15, 0.2) is 5.13 Å². The molecule has 3 aromatic rings. The van der Waals surface area contributed by atoms with Gasteiger partial charge in [-0.15, -0.1) is 0 Å². The second-order valence-corrected chi connectivity index (χ2v) is 8.30. The SMILES string of the molecule is O=C(Nc1nc2c(s1)CN(C(=O)Cn1ccc3ccccc31)CC2)C1CC1. The topological polar surface area (TPSA) is 67.2 Å². The van der Waals surface area contributed by atoms with E-state index in [1.54, 1.807) is 0 Å². The number of para-hydroxylation sites is 1. The fourth-order valence-electron chi connectivity index (χ4n) is 3.54. The minimum absolute atomic E-state index is 0.0773. The highest BCUT2D eigenvalue weighted by atomic mass is 32.1. The average Bonchev–Trinajstić information content (AvgIpc) is 3.34. The number of thiazole rings is 1. The Bertz CT molecular complexity index is 1030. The van der Waals surface area contributed by atoms with Crippen LogP contribution in [-0.2, 0) is 29.1 Å². The summed E-state index contributed by atoms with van der Waals surface area (Å²) >= 11 is 1.50. The fourth-order valence-corrected chi connectivity index (χ4v) is 4.57. The van der Waals surface area contributed by atoms with Crippen molar-refractivity contribution in [2.45, 2.75) is 32.4 Å². The molecule has 0 saturated heterocycles. The minimum atomic E-state index is 0.0773. The number of fused-ring (bicyclic) bond motifs is 2. The van der Waals surface area contributed by atoms with Crippen molar-refractivity contribution in [3.05, 3.63) is 47.1 Å². The number of benzene rings is 1. The highest BCUT2D eigenvalue weighted by Gasteiger charge is 2.31. The molecule has 1 aromatic carbocycles. The van der Waals surface area contributed by atoms with E-state index in [-0.39, 0.29) is 17.7 Å². The van der Waals surface area contributed by atoms with Crippen LogP contribution >= 0.6 is 11.3 Å². The number of aromatic nitrogens is 2. The number of rotatable bonds is 4. The molecule has 1 aliphatic carbocycles. The summed E-state index contributed by atoms with van der Waals surface area (Å²) in [5.41, 5.74) is 2.09. The molecule has 1 saturated carbocycles. The van der Waals surface area contributed by atoms with Gasteiger partial charge in [0.25, 0.3) is 0 Å². The Kier molecular flexibility index (Phi) is 3.97. The normalized spacial score (nSPS) is 16.4. The Hall–Kier alpha value is -2.67. The van der Waals surface area contributed by atoms with Gasteiger partial charge in [0.2, 0.25) is 11.8 Å². The van der Waals surface area contributed by atoms with Gasteiger partial charge in [-0.3, -0.25) is 9.59 Å². The molecule has 2 aromatic heterocycles. The van der Waals surface area contributed by atoms with Gasteiger partial charge >= 0.3 is 0 Å². The molecule has 3 heterocycles. The first-order chi connectivity index (χ1) is 13.2. The van der Waals surface area contributed by atoms with Crippen LogP contribution in [0.5, 0.6) is 0 Å². The molecule has 0 bridgehead atoms. The molecule has 2 amide bonds. The molecule has 0 atom stereocenters. The summed E-state index contributed by atoms with van der Waals surface area (Å²) < 4.78 is 2.00. The largest absolute Gasteiger partial charge is 0.338 e. The summed E-state index contributed by atoms with van der Waals surface area (Å²) in [6.07, 6.45) is 4.67. The third kappa shape index (κ3) is 3.23. The van der Waals surface area contributed by atoms with Crippen LogP contribution in [0.3, 0.4) is 0 Å². The molecule has 2 aliphatic rings. The molecule has 6 nitrogen and oxygen atoms in total. The lowest BCUT2D eigenvalue weighted by molar-refractivity contribution is -0.132. The number of hydrogen-bond acceptors (Lipinski definition) is 4. The maximum absolute atomic E-state index is 12.8. The molecule has 1 fully saturated rings. The Balaban J connectivity index is 1.28. The summed E-state index contributed by atoms with van der Waals surface area (Å²) in [5.74, 6) is 0.355. The zero-order valence-electron chi connectivity index (χ0n) is 14.9. The van der Waals surface area contributed by atoms with Crippen molar-refractivity contribution in [3.8, 4) is 0 Å². The van der Waals surface area contributed by atoms with Gasteiger partial charge in [0.05, 0.1) is 12.2 Å². The number of nitrogens with zero attached hydrogens (tertiary/aromatic N) is 3. The van der Waals surface area contributed by atoms with E-state index >= 15 is 0 Å². The fraction of sp³-hybridized carbons (Fsp3) is 0.350. The lowest BCUT2D eigenvalue weighted by Gasteiger charge is -2.26. The van der Waals surface area contributed by atoms with Crippen LogP contribution in [0.2, 0.25) is 0 Å². The summed E-state index contributed by atoms with van der Waals surface area (Å²) in [7, 11) is 0. The zero-order chi connectivity index (χ0) is 18.4. The Morgan fingerprint density at radius 1 is 1.22 bits per heavy atom. The molecule has 1 aliphatic heterocycles. The van der Waals surface area contributed by atoms with E-state index in [2.05, 4.69) is 16.4 Å². The smallest absolute Gasteiger partial charge is 0.242 e. The molecule has 1 N–H and O–H groups in total. The van der Waals surface area contributed by atoms with Crippen LogP contribution < -0.4 is 5.32 Å². The molecule has 0 spiro atoms. The number of carbonyl (C=O) groups excluding carboxylic acids is 2. The predicted molar refractivity (Wildman–Crippen MR) is 105 cm³/mol. The van der Waals surface area contributed by atoms with Crippen LogP contribution in [0.25, 0.3) is 10.9 Å². The highest BCUT2D eigenvalue weighted by molar-refractivity contribution is 7.15. The van der Waals surface area contributed by atoms with Crippen molar-refractivity contribution in [3.63, 3.8) is 0 Å². The minimum Gasteiger partial charge on any atom is -0.338 e. The summed E-state index contributed by atoms with van der Waals surface area (Å²) in [6.45, 7) is 1.59. The molecule has 27 heavy (non-hydrogen) atoms. The second-order valence-electron chi connectivity index (χ2n) is 7.22. The van der Waals surface area contributed by atoms with Gasteiger partial charge in [-0.25, -0.2) is 4.98 Å². The van der Waals surface area contributed by atoms with E-state index in [9.17, 15) is 9.59 Å². The van der Waals surface area contributed by atoms with Gasteiger partial charge in [-0.1, -0.05) is 29.5 Å². The van der Waals surface area contributed by atoms with Crippen LogP contribution in [-0.4, -0.2) is 32.8 Å². The summed E-state index contributed by atoms with van der Waals surface area (Å²) in [5, 5.41) is 4.73. The lowest BCUT2D eigenvalue weighted by atomic mass is 10.2. The molecule has 0 radical (unpaired) electrons. The highest BCUT2D eigenvalue weighted by Crippen LogP contribution is 2.33. The third-order valence-electron chi connectivity index (χ3n) is 5.25. The van der Waals surface area contributed by atoms with E-state index in [4.69, 9.17) is 0 Å². The van der Waals surface area contributed by atoms with Crippen LogP contribution in [0.15, 0.2) is 36.5 Å². The number of nitrogens with one attached hydrogen (secondary N) is 1. The number of carbonyl (C=O) groups is 2. The van der Waals surface area contributed by atoms with Crippen LogP contribution in [0.4, 0.5) is 5.13 Å². The molecule has 138 valence electrons. The first kappa shape index (κ1) is 16.5. The van der Waals surface area contributed by atoms with E-state index in [1.165, 1.54) is 11.3 Å². The van der Waals surface area contributed by atoms with Crippen molar-refractivity contribution in [1.82, 2.24) is 14.5 Å². The van der Waals surface area contributed by atoms with Crippen LogP contribution in [0.1, 0.15) is 23.4 Å². The maximum Gasteiger partial charge on any atom is 0.242 e. The average molecular weight is 380 g/mol. The first-order valence-electron chi connectivity index (χ1n) is 9.28. The number of anilines is 1. The van der Waals surface area contributed by atoms with Gasteiger partial charge < -0.3 is 14.8 Å². The molecular formula is C20H20N4O2S. The van der Waals surface area contributed by atoms with Gasteiger partial charge in [0, 0.05) is 35.5 Å². The monoisotopic (exact) mass is 380 g/mol. The van der Waals surface area contributed by atoms with E-state index in [0.29, 0.717) is 24.8 Å². The van der Waals surface area contributed by atoms with Crippen molar-refractivity contribution in [2.75, 3.05) is 11.9 Å². The quantitative estimate of drug-likeness (QED) is 0.757. The second kappa shape index (κ2) is 6.49. The third-order valence-corrected chi connectivity index (χ3v) is 6.25. The predicted octanol–water partition coefficient (Wildman–Crippen LogP) is 3.03. The maximum atomic E-state index is 12.8. The lowest BCUT2D eigenvalue weighted by Crippen LogP contribution is -2.37. The number of amides is 2. The van der Waals surface area contributed by atoms with Crippen molar-refractivity contribution in [1.29, 1.82) is 0 Å². The van der Waals surface area contributed by atoms with E-state index in [1.807, 2.05) is 39.9 Å². The standard InChI is InChI=1S/C20H20N4O2S/c25-18(12-23-9-7-13-3-1-2-4-16(13)23)24-10-8-15-17(11-24)27-20(21-15)22-19(26)14-5-6-14/h1-4,7,9,14H,5-6,8,10-12H2,(H,21,22,26). The van der Waals surface area contributed by atoms with Crippen LogP contribution in [0, 0.1) is 5.92 Å². The van der Waals surface area contributed by atoms with Gasteiger partial charge in [-0.05, 0) is 30.4 Å². The van der Waals surface area contributed by atoms with Crippen molar-refractivity contribution in [2.24, 2.45) is 5.92 Å². The molecule has 0 unspecified atom stereocenters. The Labute approximate surface area is 160 Å². The Morgan fingerprint density at radius 3 is 2.93 bits per heavy atom. The van der Waals surface area contributed by atoms with Gasteiger partial charge in [0.1, 0.15) is 6.54 Å². The number of hydrogen-bond donors (Lipinski definition) is 1. The summed E-state index contributed by atoms with van der Waals surface area (Å²) in [4.78, 5) is 32.3.